The van der Waals surface area contributed by atoms with Gasteiger partial charge in [0.15, 0.2) is 0 Å². The minimum Gasteiger partial charge on any atom is -0.103 e. The maximum atomic E-state index is 3.71. The van der Waals surface area contributed by atoms with E-state index in [0.717, 1.165) is 0 Å². The minimum absolute atomic E-state index is 0.416. The van der Waals surface area contributed by atoms with Gasteiger partial charge in [0.25, 0.3) is 0 Å². The van der Waals surface area contributed by atoms with Crippen molar-refractivity contribution in [3.8, 4) is 0 Å². The quantitative estimate of drug-likeness (QED) is 0.496. The first-order valence-corrected chi connectivity index (χ1v) is 4.34. The van der Waals surface area contributed by atoms with E-state index >= 15 is 0 Å². The van der Waals surface area contributed by atoms with Crippen LogP contribution in [0.3, 0.4) is 0 Å². The summed E-state index contributed by atoms with van der Waals surface area (Å²) in [6.45, 7) is 3.71. The summed E-state index contributed by atoms with van der Waals surface area (Å²) in [4.78, 5) is 0. The van der Waals surface area contributed by atoms with Gasteiger partial charge in [-0.15, -0.1) is 6.58 Å². The second-order valence-electron chi connectivity index (χ2n) is 1.61. The first-order valence-electron chi connectivity index (χ1n) is 2.61. The van der Waals surface area contributed by atoms with Gasteiger partial charge in [-0.1, -0.05) is 35.3 Å². The van der Waals surface area contributed by atoms with Crippen molar-refractivity contribution in [2.24, 2.45) is 0 Å². The average molecular weight is 120 g/mol. The minimum atomic E-state index is -0.416. The molecular weight excluding hydrogens is 112 g/mol. The summed E-state index contributed by atoms with van der Waals surface area (Å²) in [5.74, 6) is 0. The van der Waals surface area contributed by atoms with Gasteiger partial charge in [0.1, 0.15) is 0 Å². The summed E-state index contributed by atoms with van der Waals surface area (Å²) < 4.78 is 0. The van der Waals surface area contributed by atoms with Crippen LogP contribution in [0.1, 0.15) is 0 Å². The van der Waals surface area contributed by atoms with Gasteiger partial charge in [-0.3, -0.25) is 0 Å². The molecule has 1 aromatic rings. The van der Waals surface area contributed by atoms with E-state index in [2.05, 4.69) is 30.1 Å². The first-order chi connectivity index (χ1) is 3.93. The third kappa shape index (κ3) is 1.14. The van der Waals surface area contributed by atoms with Crippen molar-refractivity contribution >= 4 is 14.1 Å². The van der Waals surface area contributed by atoms with Gasteiger partial charge >= 0.3 is 0 Å². The summed E-state index contributed by atoms with van der Waals surface area (Å²) >= 11 is 0. The van der Waals surface area contributed by atoms with E-state index in [0.29, 0.717) is 0 Å². The molecule has 40 valence electrons. The van der Waals surface area contributed by atoms with Crippen LogP contribution < -0.4 is 0 Å². The lowest BCUT2D eigenvalue weighted by Crippen LogP contribution is -1.83. The Labute approximate surface area is 51.0 Å². The summed E-state index contributed by atoms with van der Waals surface area (Å²) in [6, 6.07) is 6.20. The Morgan fingerprint density at radius 2 is 1.75 bits per heavy atom. The van der Waals surface area contributed by atoms with E-state index in [4.69, 9.17) is 0 Å². The number of hydrogen-bond acceptors (Lipinski definition) is 0. The molecule has 1 heterocycles. The maximum absolute atomic E-state index is 3.71. The molecular formula is C7H8Si. The lowest BCUT2D eigenvalue weighted by atomic mass is 10.6. The van der Waals surface area contributed by atoms with Crippen LogP contribution in [0.5, 0.6) is 0 Å². The van der Waals surface area contributed by atoms with Gasteiger partial charge in [-0.2, -0.15) is 0 Å². The van der Waals surface area contributed by atoms with Crippen molar-refractivity contribution in [1.29, 1.82) is 0 Å². The molecule has 0 unspecified atom stereocenters. The zero-order chi connectivity index (χ0) is 5.82. The summed E-state index contributed by atoms with van der Waals surface area (Å²) in [7, 11) is -0.416. The third-order valence-electron chi connectivity index (χ3n) is 1.04. The Morgan fingerprint density at radius 3 is 2.12 bits per heavy atom. The largest absolute Gasteiger partial charge is 0.103 e. The van der Waals surface area contributed by atoms with Crippen molar-refractivity contribution in [3.05, 3.63) is 36.1 Å². The van der Waals surface area contributed by atoms with Gasteiger partial charge in [-0.25, -0.2) is 0 Å². The Morgan fingerprint density at radius 1 is 1.12 bits per heavy atom. The van der Waals surface area contributed by atoms with Crippen LogP contribution >= 0.6 is 0 Å². The highest BCUT2D eigenvalue weighted by molar-refractivity contribution is 6.65. The molecule has 0 spiro atoms. The van der Waals surface area contributed by atoms with Gasteiger partial charge in [0.05, 0.1) is 8.40 Å². The molecule has 0 fully saturated rings. The van der Waals surface area contributed by atoms with Crippen LogP contribution in [-0.2, 0) is 0 Å². The van der Waals surface area contributed by atoms with Crippen LogP contribution in [0.2, 0.25) is 0 Å². The fourth-order valence-electron chi connectivity index (χ4n) is 0.589. The van der Waals surface area contributed by atoms with Crippen LogP contribution in [0.25, 0.3) is 5.70 Å². The summed E-state index contributed by atoms with van der Waals surface area (Å²) in [6.07, 6.45) is 0. The SMILES string of the molecule is C=C[si]1ccccc1. The molecule has 0 atom stereocenters. The van der Waals surface area contributed by atoms with Gasteiger partial charge < -0.3 is 0 Å². The highest BCUT2D eigenvalue weighted by Crippen LogP contribution is 1.84. The molecule has 8 heavy (non-hydrogen) atoms. The number of rotatable bonds is 1. The lowest BCUT2D eigenvalue weighted by molar-refractivity contribution is 1.86. The van der Waals surface area contributed by atoms with E-state index < -0.39 is 8.40 Å². The predicted octanol–water partition coefficient (Wildman–Crippen LogP) is 1.81. The highest BCUT2D eigenvalue weighted by Gasteiger charge is 1.77. The Balaban J connectivity index is 2.99. The Bertz CT molecular complexity index is 167. The third-order valence-corrected chi connectivity index (χ3v) is 2.66. The van der Waals surface area contributed by atoms with Crippen molar-refractivity contribution in [2.45, 2.75) is 0 Å². The highest BCUT2D eigenvalue weighted by atomic mass is 28.2. The van der Waals surface area contributed by atoms with Crippen LogP contribution in [0, 0.1) is 0 Å². The Hall–Kier alpha value is -0.693. The molecule has 0 aliphatic heterocycles. The lowest BCUT2D eigenvalue weighted by Gasteiger charge is -1.83. The van der Waals surface area contributed by atoms with Crippen molar-refractivity contribution in [3.63, 3.8) is 0 Å². The average Bonchev–Trinajstić information content (AvgIpc) is 1.90. The zero-order valence-corrected chi connectivity index (χ0v) is 5.67. The van der Waals surface area contributed by atoms with E-state index in [9.17, 15) is 0 Å². The molecule has 1 rings (SSSR count). The van der Waals surface area contributed by atoms with Crippen molar-refractivity contribution in [2.75, 3.05) is 0 Å². The molecule has 0 saturated heterocycles. The zero-order valence-electron chi connectivity index (χ0n) is 4.67. The fourth-order valence-corrected chi connectivity index (χ4v) is 1.64. The van der Waals surface area contributed by atoms with Gasteiger partial charge in [-0.05, 0) is 0 Å². The second-order valence-corrected chi connectivity index (χ2v) is 3.69. The van der Waals surface area contributed by atoms with E-state index in [1.54, 1.807) is 0 Å². The summed E-state index contributed by atoms with van der Waals surface area (Å²) in [5, 5.41) is 0. The molecule has 0 amide bonds. The maximum Gasteiger partial charge on any atom is 0.0639 e. The molecule has 0 radical (unpaired) electrons. The number of hydrogen-bond donors (Lipinski definition) is 0. The van der Waals surface area contributed by atoms with Crippen molar-refractivity contribution < 1.29 is 0 Å². The molecule has 0 bridgehead atoms. The van der Waals surface area contributed by atoms with E-state index in [1.165, 1.54) is 0 Å². The predicted molar refractivity (Wildman–Crippen MR) is 38.8 cm³/mol. The summed E-state index contributed by atoms with van der Waals surface area (Å²) in [5.41, 5.74) is 6.43. The normalized spacial score (nSPS) is 8.50. The molecule has 1 heteroatoms. The van der Waals surface area contributed by atoms with E-state index in [1.807, 2.05) is 11.8 Å². The first kappa shape index (κ1) is 5.44. The van der Waals surface area contributed by atoms with Crippen molar-refractivity contribution in [1.82, 2.24) is 0 Å². The van der Waals surface area contributed by atoms with Crippen LogP contribution in [-0.4, -0.2) is 8.40 Å². The molecule has 0 nitrogen and oxygen atoms in total. The van der Waals surface area contributed by atoms with Crippen LogP contribution in [0.15, 0.2) is 36.1 Å². The van der Waals surface area contributed by atoms with Crippen LogP contribution in [0.4, 0.5) is 0 Å². The fraction of sp³-hybridized carbons (Fsp3) is 0. The standard InChI is InChI=1S/C7H8Si/c1-2-8-6-4-3-5-7-8/h2-7H,1H2. The van der Waals surface area contributed by atoms with E-state index in [-0.39, 0.29) is 0 Å². The molecule has 0 aromatic carbocycles. The molecule has 0 aliphatic carbocycles. The second kappa shape index (κ2) is 2.57. The monoisotopic (exact) mass is 120 g/mol. The smallest absolute Gasteiger partial charge is 0.0639 e. The van der Waals surface area contributed by atoms with Gasteiger partial charge in [0.2, 0.25) is 0 Å². The molecule has 0 aliphatic rings. The van der Waals surface area contributed by atoms with Gasteiger partial charge in [0, 0.05) is 0 Å². The molecule has 0 N–H and O–H groups in total. The Kier molecular flexibility index (Phi) is 1.75. The molecule has 0 saturated carbocycles. The topological polar surface area (TPSA) is 0 Å². The molecule has 1 aromatic heterocycles.